The monoisotopic (exact) mass is 453 g/mol. The summed E-state index contributed by atoms with van der Waals surface area (Å²) in [6, 6.07) is 11.9. The van der Waals surface area contributed by atoms with Gasteiger partial charge in [-0.15, -0.1) is 21.5 Å². The summed E-state index contributed by atoms with van der Waals surface area (Å²) in [5.41, 5.74) is 2.22. The van der Waals surface area contributed by atoms with Crippen molar-refractivity contribution in [3.8, 4) is 0 Å². The Morgan fingerprint density at radius 1 is 1.16 bits per heavy atom. The molecule has 2 aromatic heterocycles. The Hall–Kier alpha value is -1.54. The largest absolute Gasteiger partial charge is 0.346 e. The normalized spacial score (nSPS) is 11.6. The van der Waals surface area contributed by atoms with Crippen molar-refractivity contribution in [3.63, 3.8) is 0 Å². The number of amides is 1. The predicted octanol–water partition coefficient (Wildman–Crippen LogP) is 5.34. The number of hydrogen-bond donors (Lipinski definition) is 1. The highest BCUT2D eigenvalue weighted by atomic mass is 79.9. The molecule has 128 valence electrons. The molecular weight excluding hydrogens is 442 g/mol. The summed E-state index contributed by atoms with van der Waals surface area (Å²) in [5.74, 6) is -0.257. The molecule has 0 fully saturated rings. The van der Waals surface area contributed by atoms with Crippen molar-refractivity contribution in [2.75, 3.05) is 0 Å². The highest BCUT2D eigenvalue weighted by molar-refractivity contribution is 9.11. The van der Waals surface area contributed by atoms with Gasteiger partial charge in [0.25, 0.3) is 5.91 Å². The van der Waals surface area contributed by atoms with Gasteiger partial charge in [0.2, 0.25) is 5.01 Å². The van der Waals surface area contributed by atoms with E-state index in [9.17, 15) is 4.79 Å². The Morgan fingerprint density at radius 3 is 2.56 bits per heavy atom. The zero-order valence-corrected chi connectivity index (χ0v) is 17.1. The van der Waals surface area contributed by atoms with Gasteiger partial charge in [-0.25, -0.2) is 0 Å². The van der Waals surface area contributed by atoms with Gasteiger partial charge >= 0.3 is 0 Å². The van der Waals surface area contributed by atoms with Crippen LogP contribution in [0.25, 0.3) is 11.1 Å². The zero-order chi connectivity index (χ0) is 17.8. The van der Waals surface area contributed by atoms with Crippen molar-refractivity contribution >= 4 is 67.2 Å². The first-order chi connectivity index (χ1) is 12.0. The fourth-order valence-corrected chi connectivity index (χ4v) is 4.34. The van der Waals surface area contributed by atoms with Gasteiger partial charge in [0.15, 0.2) is 5.01 Å². The molecule has 4 nitrogen and oxygen atoms in total. The number of hydrogen-bond acceptors (Lipinski definition) is 5. The van der Waals surface area contributed by atoms with Crippen molar-refractivity contribution in [2.45, 2.75) is 13.5 Å². The van der Waals surface area contributed by atoms with Crippen LogP contribution in [0.15, 0.2) is 40.2 Å². The fraction of sp³-hybridized carbons (Fsp3) is 0.118. The lowest BCUT2D eigenvalue weighted by Crippen LogP contribution is -2.22. The number of aromatic nitrogens is 2. The molecule has 2 heterocycles. The lowest BCUT2D eigenvalue weighted by atomic mass is 10.1. The first-order valence-corrected chi connectivity index (χ1v) is 10.1. The number of aryl methyl sites for hydroxylation is 1. The molecule has 0 unspecified atom stereocenters. The third-order valence-electron chi connectivity index (χ3n) is 3.26. The minimum atomic E-state index is -0.257. The number of benzene rings is 1. The average molecular weight is 455 g/mol. The Morgan fingerprint density at radius 2 is 1.88 bits per heavy atom. The molecule has 0 saturated heterocycles. The van der Waals surface area contributed by atoms with E-state index in [1.54, 1.807) is 11.3 Å². The molecule has 1 N–H and O–H groups in total. The van der Waals surface area contributed by atoms with Crippen LogP contribution in [0.2, 0.25) is 0 Å². The zero-order valence-electron chi connectivity index (χ0n) is 13.1. The van der Waals surface area contributed by atoms with E-state index in [0.29, 0.717) is 21.6 Å². The van der Waals surface area contributed by atoms with Crippen LogP contribution >= 0.6 is 50.2 Å². The maximum absolute atomic E-state index is 12.2. The molecule has 0 bridgehead atoms. The molecule has 1 amide bonds. The van der Waals surface area contributed by atoms with Crippen LogP contribution in [0.5, 0.6) is 0 Å². The number of nitrogens with zero attached hydrogens (tertiary/aromatic N) is 2. The topological polar surface area (TPSA) is 54.9 Å². The standard InChI is InChI=1S/C17H13BrClN3OS2/c1-10-2-4-11(5-3-10)9-20-15(23)17-22-21-16(25-17)13(19)8-12-6-7-14(18)24-12/h2-8H,9H2,1H3,(H,20,23). The van der Waals surface area contributed by atoms with E-state index in [2.05, 4.69) is 31.4 Å². The molecular formula is C17H13BrClN3OS2. The van der Waals surface area contributed by atoms with Gasteiger partial charge in [-0.2, -0.15) is 0 Å². The van der Waals surface area contributed by atoms with E-state index >= 15 is 0 Å². The molecule has 0 aliphatic heterocycles. The maximum atomic E-state index is 12.2. The van der Waals surface area contributed by atoms with E-state index in [1.807, 2.05) is 49.4 Å². The number of carbonyl (C=O) groups is 1. The summed E-state index contributed by atoms with van der Waals surface area (Å²) in [7, 11) is 0. The van der Waals surface area contributed by atoms with Gasteiger partial charge in [0, 0.05) is 11.4 Å². The minimum Gasteiger partial charge on any atom is -0.346 e. The Kier molecular flexibility index (Phi) is 6.01. The molecule has 25 heavy (non-hydrogen) atoms. The quantitative estimate of drug-likeness (QED) is 0.566. The molecule has 0 atom stereocenters. The second-order valence-corrected chi connectivity index (χ2v) is 9.09. The van der Waals surface area contributed by atoms with Crippen LogP contribution in [0.3, 0.4) is 0 Å². The lowest BCUT2D eigenvalue weighted by Gasteiger charge is -2.03. The van der Waals surface area contributed by atoms with Crippen LogP contribution in [0.4, 0.5) is 0 Å². The van der Waals surface area contributed by atoms with Crippen molar-refractivity contribution in [1.82, 2.24) is 15.5 Å². The van der Waals surface area contributed by atoms with Crippen LogP contribution in [0.1, 0.15) is 30.8 Å². The molecule has 3 aromatic rings. The number of halogens is 2. The van der Waals surface area contributed by atoms with Gasteiger partial charge in [-0.3, -0.25) is 4.79 Å². The molecule has 1 aromatic carbocycles. The van der Waals surface area contributed by atoms with E-state index in [4.69, 9.17) is 11.6 Å². The van der Waals surface area contributed by atoms with Crippen LogP contribution in [0, 0.1) is 6.92 Å². The van der Waals surface area contributed by atoms with Crippen LogP contribution in [-0.4, -0.2) is 16.1 Å². The molecule has 0 spiro atoms. The van der Waals surface area contributed by atoms with Crippen molar-refractivity contribution < 1.29 is 4.79 Å². The number of nitrogens with one attached hydrogen (secondary N) is 1. The second-order valence-electron chi connectivity index (χ2n) is 5.21. The Bertz CT molecular complexity index is 918. The highest BCUT2D eigenvalue weighted by Gasteiger charge is 2.14. The average Bonchev–Trinajstić information content (AvgIpc) is 3.23. The molecule has 8 heteroatoms. The first-order valence-electron chi connectivity index (χ1n) is 7.31. The molecule has 3 rings (SSSR count). The lowest BCUT2D eigenvalue weighted by molar-refractivity contribution is 0.0950. The van der Waals surface area contributed by atoms with Gasteiger partial charge in [-0.05, 0) is 46.6 Å². The summed E-state index contributed by atoms with van der Waals surface area (Å²) >= 11 is 12.4. The number of thiophene rings is 1. The van der Waals surface area contributed by atoms with Gasteiger partial charge in [-0.1, -0.05) is 52.8 Å². The van der Waals surface area contributed by atoms with Crippen LogP contribution < -0.4 is 5.32 Å². The van der Waals surface area contributed by atoms with Gasteiger partial charge in [0.05, 0.1) is 8.82 Å². The third kappa shape index (κ3) is 4.98. The summed E-state index contributed by atoms with van der Waals surface area (Å²) in [6.07, 6.45) is 1.81. The van der Waals surface area contributed by atoms with Crippen molar-refractivity contribution in [3.05, 3.63) is 66.2 Å². The smallest absolute Gasteiger partial charge is 0.282 e. The third-order valence-corrected chi connectivity index (χ3v) is 6.19. The fourth-order valence-electron chi connectivity index (χ4n) is 1.97. The second kappa shape index (κ2) is 8.23. The number of carbonyl (C=O) groups excluding carboxylic acids is 1. The summed E-state index contributed by atoms with van der Waals surface area (Å²) in [4.78, 5) is 13.2. The highest BCUT2D eigenvalue weighted by Crippen LogP contribution is 2.29. The Balaban J connectivity index is 1.64. The Labute approximate surface area is 166 Å². The van der Waals surface area contributed by atoms with E-state index in [-0.39, 0.29) is 5.91 Å². The summed E-state index contributed by atoms with van der Waals surface area (Å²) in [5, 5.41) is 12.1. The van der Waals surface area contributed by atoms with E-state index in [1.165, 1.54) is 16.9 Å². The molecule has 0 aliphatic carbocycles. The minimum absolute atomic E-state index is 0.257. The molecule has 0 saturated carbocycles. The molecule has 0 aliphatic rings. The van der Waals surface area contributed by atoms with E-state index in [0.717, 1.165) is 14.2 Å². The van der Waals surface area contributed by atoms with Crippen molar-refractivity contribution in [1.29, 1.82) is 0 Å². The SMILES string of the molecule is Cc1ccc(CNC(=O)c2nnc(C(Cl)=Cc3ccc(Br)s3)s2)cc1. The molecule has 0 radical (unpaired) electrons. The van der Waals surface area contributed by atoms with Gasteiger partial charge in [0.1, 0.15) is 0 Å². The number of rotatable bonds is 5. The van der Waals surface area contributed by atoms with Crippen molar-refractivity contribution in [2.24, 2.45) is 0 Å². The van der Waals surface area contributed by atoms with Gasteiger partial charge < -0.3 is 5.32 Å². The summed E-state index contributed by atoms with van der Waals surface area (Å²) < 4.78 is 1.02. The van der Waals surface area contributed by atoms with E-state index < -0.39 is 0 Å². The van der Waals surface area contributed by atoms with Crippen LogP contribution in [-0.2, 0) is 6.54 Å². The first kappa shape index (κ1) is 18.3. The maximum Gasteiger partial charge on any atom is 0.282 e. The predicted molar refractivity (Wildman–Crippen MR) is 108 cm³/mol. The summed E-state index contributed by atoms with van der Waals surface area (Å²) in [6.45, 7) is 2.47.